The third kappa shape index (κ3) is 1.71. The fourth-order valence-electron chi connectivity index (χ4n) is 0.703. The number of aryl methyl sites for hydroxylation is 1. The predicted molar refractivity (Wildman–Crippen MR) is 43.7 cm³/mol. The van der Waals surface area contributed by atoms with E-state index in [4.69, 9.17) is 11.0 Å². The highest BCUT2D eigenvalue weighted by molar-refractivity contribution is 5.40. The van der Waals surface area contributed by atoms with Crippen LogP contribution in [0.5, 0.6) is 0 Å². The molecule has 0 saturated carbocycles. The quantitative estimate of drug-likeness (QED) is 0.549. The number of nitriles is 1. The first-order valence-electron chi connectivity index (χ1n) is 3.23. The molecule has 1 aromatic rings. The highest BCUT2D eigenvalue weighted by Crippen LogP contribution is 2.01. The van der Waals surface area contributed by atoms with Gasteiger partial charge in [0.15, 0.2) is 6.07 Å². The van der Waals surface area contributed by atoms with Crippen LogP contribution in [0.4, 0.5) is 5.95 Å². The van der Waals surface area contributed by atoms with E-state index in [2.05, 4.69) is 21.8 Å². The Morgan fingerprint density at radius 3 is 2.92 bits per heavy atom. The van der Waals surface area contributed by atoms with Crippen LogP contribution in [0.15, 0.2) is 6.20 Å². The van der Waals surface area contributed by atoms with Crippen LogP contribution in [-0.2, 0) is 0 Å². The van der Waals surface area contributed by atoms with Gasteiger partial charge in [-0.15, -0.1) is 0 Å². The molecule has 0 aliphatic carbocycles. The van der Waals surface area contributed by atoms with Crippen LogP contribution in [0.3, 0.4) is 0 Å². The second-order valence-electron chi connectivity index (χ2n) is 2.09. The van der Waals surface area contributed by atoms with Gasteiger partial charge < -0.3 is 5.73 Å². The summed E-state index contributed by atoms with van der Waals surface area (Å²) in [4.78, 5) is 7.63. The van der Waals surface area contributed by atoms with Crippen LogP contribution in [0, 0.1) is 30.1 Å². The van der Waals surface area contributed by atoms with E-state index in [1.54, 1.807) is 13.0 Å². The monoisotopic (exact) mass is 158 g/mol. The second kappa shape index (κ2) is 3.36. The van der Waals surface area contributed by atoms with Crippen LogP contribution in [0.1, 0.15) is 11.3 Å². The van der Waals surface area contributed by atoms with E-state index in [1.807, 2.05) is 0 Å². The van der Waals surface area contributed by atoms with E-state index in [-0.39, 0.29) is 5.95 Å². The van der Waals surface area contributed by atoms with Gasteiger partial charge in [0, 0.05) is 12.1 Å². The van der Waals surface area contributed by atoms with Gasteiger partial charge in [-0.2, -0.15) is 5.26 Å². The summed E-state index contributed by atoms with van der Waals surface area (Å²) in [5.41, 5.74) is 6.64. The Bertz CT molecular complexity index is 392. The van der Waals surface area contributed by atoms with Crippen molar-refractivity contribution in [1.29, 1.82) is 5.26 Å². The first kappa shape index (κ1) is 8.03. The van der Waals surface area contributed by atoms with Gasteiger partial charge >= 0.3 is 0 Å². The molecule has 0 aliphatic heterocycles. The summed E-state index contributed by atoms with van der Waals surface area (Å²) < 4.78 is 0. The summed E-state index contributed by atoms with van der Waals surface area (Å²) in [6, 6.07) is 1.71. The van der Waals surface area contributed by atoms with Crippen molar-refractivity contribution in [2.75, 3.05) is 5.73 Å². The first-order valence-corrected chi connectivity index (χ1v) is 3.23. The molecule has 58 valence electrons. The van der Waals surface area contributed by atoms with Gasteiger partial charge in [-0.05, 0) is 12.8 Å². The van der Waals surface area contributed by atoms with Crippen molar-refractivity contribution >= 4 is 5.95 Å². The maximum atomic E-state index is 8.18. The molecule has 0 saturated heterocycles. The van der Waals surface area contributed by atoms with Gasteiger partial charge in [0.1, 0.15) is 0 Å². The lowest BCUT2D eigenvalue weighted by molar-refractivity contribution is 1.11. The normalized spacial score (nSPS) is 8.00. The first-order chi connectivity index (χ1) is 5.74. The third-order valence-corrected chi connectivity index (χ3v) is 1.25. The van der Waals surface area contributed by atoms with E-state index >= 15 is 0 Å². The van der Waals surface area contributed by atoms with Gasteiger partial charge in [0.25, 0.3) is 0 Å². The number of nitrogens with two attached hydrogens (primary N) is 1. The smallest absolute Gasteiger partial charge is 0.220 e. The Hall–Kier alpha value is -2.07. The van der Waals surface area contributed by atoms with Crippen LogP contribution in [0.2, 0.25) is 0 Å². The zero-order valence-corrected chi connectivity index (χ0v) is 6.50. The van der Waals surface area contributed by atoms with Gasteiger partial charge in [-0.25, -0.2) is 9.97 Å². The maximum absolute atomic E-state index is 8.18. The summed E-state index contributed by atoms with van der Waals surface area (Å²) in [6.07, 6.45) is 1.50. The molecule has 12 heavy (non-hydrogen) atoms. The second-order valence-corrected chi connectivity index (χ2v) is 2.09. The topological polar surface area (TPSA) is 75.6 Å². The lowest BCUT2D eigenvalue weighted by Gasteiger charge is -1.95. The molecule has 0 atom stereocenters. The predicted octanol–water partition coefficient (Wildman–Crippen LogP) is 0.242. The summed E-state index contributed by atoms with van der Waals surface area (Å²) in [6.45, 7) is 1.76. The third-order valence-electron chi connectivity index (χ3n) is 1.25. The molecule has 1 heterocycles. The highest BCUT2D eigenvalue weighted by Gasteiger charge is 1.96. The Morgan fingerprint density at radius 1 is 1.58 bits per heavy atom. The average Bonchev–Trinajstić information content (AvgIpc) is 2.03. The molecule has 1 aromatic heterocycles. The Labute approximate surface area is 70.1 Å². The van der Waals surface area contributed by atoms with E-state index in [1.165, 1.54) is 6.20 Å². The molecule has 0 unspecified atom stereocenters. The molecule has 0 fully saturated rings. The minimum absolute atomic E-state index is 0.218. The Kier molecular flexibility index (Phi) is 2.25. The van der Waals surface area contributed by atoms with Crippen molar-refractivity contribution in [2.45, 2.75) is 6.92 Å². The summed E-state index contributed by atoms with van der Waals surface area (Å²) in [5, 5.41) is 8.18. The highest BCUT2D eigenvalue weighted by atomic mass is 15.0. The fraction of sp³-hybridized carbons (Fsp3) is 0.125. The minimum Gasteiger partial charge on any atom is -0.368 e. The molecule has 0 spiro atoms. The van der Waals surface area contributed by atoms with Crippen molar-refractivity contribution in [1.82, 2.24) is 9.97 Å². The largest absolute Gasteiger partial charge is 0.368 e. The van der Waals surface area contributed by atoms with Gasteiger partial charge in [-0.1, -0.05) is 0 Å². The standard InChI is InChI=1S/C8H6N4/c1-6-7(3-2-4-9)5-11-8(10)12-6/h5H,1H3,(H2,10,11,12). The lowest BCUT2D eigenvalue weighted by atomic mass is 10.2. The number of rotatable bonds is 0. The van der Waals surface area contributed by atoms with Crippen LogP contribution >= 0.6 is 0 Å². The van der Waals surface area contributed by atoms with Crippen molar-refractivity contribution in [3.05, 3.63) is 17.5 Å². The molecule has 0 bridgehead atoms. The summed E-state index contributed by atoms with van der Waals surface area (Å²) in [7, 11) is 0. The molecular weight excluding hydrogens is 152 g/mol. The Balaban J connectivity index is 3.12. The molecule has 0 aromatic carbocycles. The fourth-order valence-corrected chi connectivity index (χ4v) is 0.703. The zero-order chi connectivity index (χ0) is 8.97. The molecule has 1 rings (SSSR count). The van der Waals surface area contributed by atoms with Crippen LogP contribution in [-0.4, -0.2) is 9.97 Å². The number of aromatic nitrogens is 2. The number of anilines is 1. The van der Waals surface area contributed by atoms with Crippen molar-refractivity contribution in [3.8, 4) is 17.9 Å². The number of nitrogens with zero attached hydrogens (tertiary/aromatic N) is 3. The molecule has 0 radical (unpaired) electrons. The average molecular weight is 158 g/mol. The molecule has 2 N–H and O–H groups in total. The van der Waals surface area contributed by atoms with Crippen LogP contribution in [0.25, 0.3) is 0 Å². The van der Waals surface area contributed by atoms with E-state index < -0.39 is 0 Å². The van der Waals surface area contributed by atoms with Crippen molar-refractivity contribution in [2.24, 2.45) is 0 Å². The van der Waals surface area contributed by atoms with Gasteiger partial charge in [-0.3, -0.25) is 0 Å². The number of nitrogen functional groups attached to an aromatic ring is 1. The van der Waals surface area contributed by atoms with Crippen LogP contribution < -0.4 is 5.73 Å². The van der Waals surface area contributed by atoms with E-state index in [9.17, 15) is 0 Å². The number of hydrogen-bond acceptors (Lipinski definition) is 4. The molecule has 0 aliphatic rings. The molecular formula is C8H6N4. The minimum atomic E-state index is 0.218. The van der Waals surface area contributed by atoms with Crippen molar-refractivity contribution in [3.63, 3.8) is 0 Å². The van der Waals surface area contributed by atoms with E-state index in [0.29, 0.717) is 11.3 Å². The lowest BCUT2D eigenvalue weighted by Crippen LogP contribution is -1.97. The van der Waals surface area contributed by atoms with Crippen molar-refractivity contribution < 1.29 is 0 Å². The van der Waals surface area contributed by atoms with E-state index in [0.717, 1.165) is 0 Å². The Morgan fingerprint density at radius 2 is 2.33 bits per heavy atom. The maximum Gasteiger partial charge on any atom is 0.220 e. The molecule has 0 amide bonds. The zero-order valence-electron chi connectivity index (χ0n) is 6.50. The molecule has 4 nitrogen and oxygen atoms in total. The van der Waals surface area contributed by atoms with Gasteiger partial charge in [0.05, 0.1) is 11.3 Å². The SMILES string of the molecule is Cc1nc(N)ncc1C#CC#N. The summed E-state index contributed by atoms with van der Waals surface area (Å²) in [5.74, 6) is 5.08. The number of hydrogen-bond donors (Lipinski definition) is 1. The molecule has 4 heteroatoms. The van der Waals surface area contributed by atoms with Gasteiger partial charge in [0.2, 0.25) is 5.95 Å². The summed E-state index contributed by atoms with van der Waals surface area (Å²) >= 11 is 0.